The van der Waals surface area contributed by atoms with Crippen LogP contribution < -0.4 is 10.8 Å². The van der Waals surface area contributed by atoms with Gasteiger partial charge in [-0.25, -0.2) is 0 Å². The van der Waals surface area contributed by atoms with Crippen LogP contribution in [0, 0.1) is 0 Å². The number of carbonyl (C=O) groups excluding carboxylic acids is 1. The Hall–Kier alpha value is -0.0505. The van der Waals surface area contributed by atoms with Crippen molar-refractivity contribution in [2.75, 3.05) is 0 Å². The van der Waals surface area contributed by atoms with Crippen molar-refractivity contribution in [3.05, 3.63) is 0 Å². The number of hydrogen-bond acceptors (Lipinski definition) is 2. The standard InChI is InChI=1S/C4H9NO2Se/c1-8-2-3(5)4(6)7/h3H,2,5H2,1H3,(H,6,7)/t3-/m0/s1. The molecule has 0 fully saturated rings. The van der Waals surface area contributed by atoms with Crippen molar-refractivity contribution in [1.29, 1.82) is 0 Å². The summed E-state index contributed by atoms with van der Waals surface area (Å²) in [7, 11) is 0. The summed E-state index contributed by atoms with van der Waals surface area (Å²) in [6.45, 7) is 0. The number of carbonyl (C=O) groups is 1. The first-order valence-corrected chi connectivity index (χ1v) is 5.13. The molecule has 3 N–H and O–H groups in total. The molecule has 0 radical (unpaired) electrons. The fourth-order valence-corrected chi connectivity index (χ4v) is 1.40. The van der Waals surface area contributed by atoms with Gasteiger partial charge in [0.05, 0.1) is 0 Å². The quantitative estimate of drug-likeness (QED) is 0.491. The van der Waals surface area contributed by atoms with Gasteiger partial charge in [0.1, 0.15) is 0 Å². The summed E-state index contributed by atoms with van der Waals surface area (Å²) in [5, 5.41) is 10.6. The molecule has 0 spiro atoms. The molecule has 0 rings (SSSR count). The van der Waals surface area contributed by atoms with Crippen LogP contribution in [0.3, 0.4) is 0 Å². The van der Waals surface area contributed by atoms with Crippen molar-refractivity contribution in [3.63, 3.8) is 0 Å². The van der Waals surface area contributed by atoms with Gasteiger partial charge in [0, 0.05) is 0 Å². The van der Waals surface area contributed by atoms with Gasteiger partial charge in [-0.2, -0.15) is 0 Å². The Balaban J connectivity index is 3.32. The van der Waals surface area contributed by atoms with Gasteiger partial charge in [-0.05, 0) is 0 Å². The van der Waals surface area contributed by atoms with E-state index in [1.165, 1.54) is 0 Å². The molecule has 1 atom stereocenters. The molecule has 0 saturated heterocycles. The van der Waals surface area contributed by atoms with Crippen molar-refractivity contribution in [1.82, 2.24) is 0 Å². The van der Waals surface area contributed by atoms with E-state index in [-0.39, 0.29) is 0 Å². The van der Waals surface area contributed by atoms with Crippen LogP contribution in [0.25, 0.3) is 0 Å². The summed E-state index contributed by atoms with van der Waals surface area (Å²) >= 11 is 0.395. The predicted octanol–water partition coefficient (Wildman–Crippen LogP) is -2.48. The van der Waals surface area contributed by atoms with E-state index < -0.39 is 12.0 Å². The van der Waals surface area contributed by atoms with Crippen molar-refractivity contribution in [2.45, 2.75) is 17.2 Å². The fourth-order valence-electron chi connectivity index (χ4n) is 0.269. The summed E-state index contributed by atoms with van der Waals surface area (Å²) in [6.07, 6.45) is 0. The number of aliphatic carboxylic acids is 1. The number of carboxylic acids is 1. The molecule has 4 heteroatoms. The van der Waals surface area contributed by atoms with Gasteiger partial charge in [0.25, 0.3) is 0 Å². The van der Waals surface area contributed by atoms with Crippen LogP contribution in [0.1, 0.15) is 0 Å². The maximum atomic E-state index is 9.93. The molecule has 0 aliphatic heterocycles. The molecule has 0 aliphatic rings. The molecule has 0 heterocycles. The third-order valence-corrected chi connectivity index (χ3v) is 2.24. The van der Waals surface area contributed by atoms with Gasteiger partial charge >= 0.3 is 53.7 Å². The van der Waals surface area contributed by atoms with E-state index in [2.05, 4.69) is 5.73 Å². The first-order chi connectivity index (χ1) is 3.68. The van der Waals surface area contributed by atoms with Crippen LogP contribution in [-0.4, -0.2) is 27.0 Å². The van der Waals surface area contributed by atoms with E-state index in [0.29, 0.717) is 20.3 Å². The normalized spacial score (nSPS) is 13.2. The first-order valence-electron chi connectivity index (χ1n) is 2.21. The molecule has 3 nitrogen and oxygen atoms in total. The second-order valence-corrected chi connectivity index (χ2v) is 3.38. The zero-order valence-electron chi connectivity index (χ0n) is 4.72. The summed E-state index contributed by atoms with van der Waals surface area (Å²) in [6, 6.07) is -0.500. The fraction of sp³-hybridized carbons (Fsp3) is 0.750. The number of quaternary nitrogens is 1. The Labute approximate surface area is 54.4 Å². The van der Waals surface area contributed by atoms with Gasteiger partial charge in [0.2, 0.25) is 0 Å². The van der Waals surface area contributed by atoms with E-state index in [9.17, 15) is 9.90 Å². The molecule has 0 aromatic heterocycles. The molecule has 0 aromatic carbocycles. The number of carboxylic acid groups (broad SMARTS) is 1. The third-order valence-electron chi connectivity index (χ3n) is 0.701. The molecular formula is C4H9NO2Se. The minimum absolute atomic E-state index is 0.395. The van der Waals surface area contributed by atoms with E-state index in [0.717, 1.165) is 0 Å². The summed E-state index contributed by atoms with van der Waals surface area (Å²) in [4.78, 5) is 9.93. The van der Waals surface area contributed by atoms with Crippen LogP contribution in [0.4, 0.5) is 0 Å². The van der Waals surface area contributed by atoms with Crippen molar-refractivity contribution < 1.29 is 15.6 Å². The molecule has 0 aliphatic carbocycles. The van der Waals surface area contributed by atoms with Crippen molar-refractivity contribution in [2.24, 2.45) is 0 Å². The van der Waals surface area contributed by atoms with Gasteiger partial charge in [-0.1, -0.05) is 0 Å². The predicted molar refractivity (Wildman–Crippen MR) is 28.1 cm³/mol. The van der Waals surface area contributed by atoms with Crippen LogP contribution in [0.15, 0.2) is 0 Å². The Morgan fingerprint density at radius 2 is 2.50 bits per heavy atom. The summed E-state index contributed by atoms with van der Waals surface area (Å²) in [5.74, 6) is 0.947. The molecular weight excluding hydrogens is 173 g/mol. The van der Waals surface area contributed by atoms with Crippen LogP contribution in [0.2, 0.25) is 11.1 Å². The Morgan fingerprint density at radius 3 is 2.62 bits per heavy atom. The van der Waals surface area contributed by atoms with Crippen LogP contribution in [0.5, 0.6) is 0 Å². The van der Waals surface area contributed by atoms with E-state index in [4.69, 9.17) is 0 Å². The molecule has 48 valence electrons. The van der Waals surface area contributed by atoms with Gasteiger partial charge < -0.3 is 0 Å². The Bertz CT molecular complexity index is 86.1. The average Bonchev–Trinajstić information content (AvgIpc) is 1.67. The molecule has 0 saturated carbocycles. The number of hydrogen-bond donors (Lipinski definition) is 1. The first kappa shape index (κ1) is 7.95. The van der Waals surface area contributed by atoms with Crippen LogP contribution in [-0.2, 0) is 4.79 Å². The van der Waals surface area contributed by atoms with Gasteiger partial charge in [-0.15, -0.1) is 0 Å². The summed E-state index contributed by atoms with van der Waals surface area (Å²) in [5.41, 5.74) is 3.38. The monoisotopic (exact) mass is 183 g/mol. The second-order valence-electron chi connectivity index (χ2n) is 1.47. The van der Waals surface area contributed by atoms with Gasteiger partial charge in [-0.3, -0.25) is 0 Å². The molecule has 8 heavy (non-hydrogen) atoms. The average molecular weight is 182 g/mol. The Kier molecular flexibility index (Phi) is 3.87. The van der Waals surface area contributed by atoms with E-state index in [1.54, 1.807) is 0 Å². The van der Waals surface area contributed by atoms with E-state index in [1.807, 2.05) is 5.82 Å². The summed E-state index contributed by atoms with van der Waals surface area (Å²) < 4.78 is 0. The van der Waals surface area contributed by atoms with Crippen LogP contribution >= 0.6 is 0 Å². The maximum absolute atomic E-state index is 9.93. The minimum atomic E-state index is -1.03. The molecule has 0 amide bonds. The SMILES string of the molecule is C[Se]C[C@H]([NH3+])C(=O)[O-]. The zero-order valence-corrected chi connectivity index (χ0v) is 6.43. The Morgan fingerprint density at radius 1 is 2.00 bits per heavy atom. The zero-order chi connectivity index (χ0) is 6.57. The molecule has 0 bridgehead atoms. The molecule has 0 aromatic rings. The van der Waals surface area contributed by atoms with Crippen molar-refractivity contribution in [3.8, 4) is 0 Å². The van der Waals surface area contributed by atoms with E-state index >= 15 is 0 Å². The third kappa shape index (κ3) is 3.02. The van der Waals surface area contributed by atoms with Crippen molar-refractivity contribution >= 4 is 20.9 Å². The topological polar surface area (TPSA) is 67.8 Å². The van der Waals surface area contributed by atoms with Gasteiger partial charge in [0.15, 0.2) is 0 Å². The molecule has 0 unspecified atom stereocenters. The second kappa shape index (κ2) is 3.89. The number of rotatable bonds is 3.